The first-order chi connectivity index (χ1) is 16.5. The van der Waals surface area contributed by atoms with E-state index in [-0.39, 0.29) is 18.3 Å². The third-order valence-corrected chi connectivity index (χ3v) is 5.71. The lowest BCUT2D eigenvalue weighted by molar-refractivity contribution is -0.146. The second kappa shape index (κ2) is 8.82. The number of methoxy groups -OCH3 is 1. The number of rotatable bonds is 6. The van der Waals surface area contributed by atoms with Gasteiger partial charge in [-0.3, -0.25) is 4.79 Å². The molecular formula is C26H21N3O5. The van der Waals surface area contributed by atoms with Crippen LogP contribution in [0.3, 0.4) is 0 Å². The molecule has 0 saturated heterocycles. The zero-order valence-corrected chi connectivity index (χ0v) is 18.6. The summed E-state index contributed by atoms with van der Waals surface area (Å²) in [5.74, 6) is -0.0805. The van der Waals surface area contributed by atoms with Gasteiger partial charge in [0.2, 0.25) is 0 Å². The number of fused-ring (bicyclic) bond motifs is 2. The predicted molar refractivity (Wildman–Crippen MR) is 126 cm³/mol. The molecule has 5 rings (SSSR count). The molecule has 2 heterocycles. The summed E-state index contributed by atoms with van der Waals surface area (Å²) in [5, 5.41) is 10.7. The molecule has 0 saturated carbocycles. The number of esters is 1. The lowest BCUT2D eigenvalue weighted by Gasteiger charge is -2.13. The molecule has 0 amide bonds. The topological polar surface area (TPSA) is 96.5 Å². The minimum Gasteiger partial charge on any atom is -0.496 e. The number of para-hydroxylation sites is 1. The van der Waals surface area contributed by atoms with E-state index >= 15 is 0 Å². The highest BCUT2D eigenvalue weighted by Crippen LogP contribution is 2.29. The molecule has 0 fully saturated rings. The molecular weight excluding hydrogens is 434 g/mol. The van der Waals surface area contributed by atoms with Crippen molar-refractivity contribution in [2.75, 3.05) is 7.11 Å². The summed E-state index contributed by atoms with van der Waals surface area (Å²) >= 11 is 0. The largest absolute Gasteiger partial charge is 0.496 e. The third kappa shape index (κ3) is 4.01. The Morgan fingerprint density at radius 3 is 2.74 bits per heavy atom. The average molecular weight is 455 g/mol. The zero-order valence-electron chi connectivity index (χ0n) is 18.6. The lowest BCUT2D eigenvalue weighted by Crippen LogP contribution is -2.13. The molecule has 8 heteroatoms. The van der Waals surface area contributed by atoms with Crippen molar-refractivity contribution in [2.45, 2.75) is 19.4 Å². The van der Waals surface area contributed by atoms with Crippen molar-refractivity contribution in [3.63, 3.8) is 0 Å². The Balaban J connectivity index is 1.30. The van der Waals surface area contributed by atoms with Crippen LogP contribution in [0.2, 0.25) is 0 Å². The number of aromatic nitrogens is 3. The summed E-state index contributed by atoms with van der Waals surface area (Å²) in [6.45, 7) is 1.73. The van der Waals surface area contributed by atoms with Gasteiger partial charge < -0.3 is 13.9 Å². The Morgan fingerprint density at radius 2 is 1.88 bits per heavy atom. The predicted octanol–water partition coefficient (Wildman–Crippen LogP) is 4.38. The molecule has 170 valence electrons. The first-order valence-electron chi connectivity index (χ1n) is 10.7. The quantitative estimate of drug-likeness (QED) is 0.277. The fraction of sp³-hybridized carbons (Fsp3) is 0.154. The van der Waals surface area contributed by atoms with Gasteiger partial charge >= 0.3 is 11.6 Å². The number of hydrogen-bond donors (Lipinski definition) is 0. The normalized spacial score (nSPS) is 12.1. The molecule has 34 heavy (non-hydrogen) atoms. The Labute approximate surface area is 194 Å². The first-order valence-corrected chi connectivity index (χ1v) is 10.7. The smallest absolute Gasteiger partial charge is 0.362 e. The summed E-state index contributed by atoms with van der Waals surface area (Å²) in [5.41, 5.74) is 1.43. The Bertz CT molecular complexity index is 1570. The monoisotopic (exact) mass is 455 g/mol. The first kappa shape index (κ1) is 21.4. The number of carbonyl (C=O) groups excluding carboxylic acids is 1. The van der Waals surface area contributed by atoms with Crippen LogP contribution in [0.25, 0.3) is 27.4 Å². The Hall–Kier alpha value is -4.46. The van der Waals surface area contributed by atoms with Gasteiger partial charge in [0.15, 0.2) is 5.69 Å². The highest BCUT2D eigenvalue weighted by atomic mass is 16.5. The van der Waals surface area contributed by atoms with Crippen molar-refractivity contribution in [3.05, 3.63) is 94.6 Å². The van der Waals surface area contributed by atoms with Crippen LogP contribution in [-0.2, 0) is 16.1 Å². The molecule has 1 atom stereocenters. The number of ether oxygens (including phenoxy) is 2. The molecule has 3 aromatic carbocycles. The van der Waals surface area contributed by atoms with Gasteiger partial charge in [0.1, 0.15) is 23.6 Å². The van der Waals surface area contributed by atoms with Gasteiger partial charge in [-0.2, -0.15) is 0 Å². The minimum atomic E-state index is -0.534. The number of carbonyl (C=O) groups is 1. The fourth-order valence-corrected chi connectivity index (χ4v) is 3.82. The number of nitrogens with zero attached hydrogens (tertiary/aromatic N) is 3. The van der Waals surface area contributed by atoms with Gasteiger partial charge in [0.25, 0.3) is 0 Å². The maximum absolute atomic E-state index is 12.7. The van der Waals surface area contributed by atoms with E-state index in [0.29, 0.717) is 11.3 Å². The average Bonchev–Trinajstić information content (AvgIpc) is 3.34. The highest BCUT2D eigenvalue weighted by molar-refractivity contribution is 5.90. The van der Waals surface area contributed by atoms with Crippen LogP contribution in [0.15, 0.2) is 82.1 Å². The van der Waals surface area contributed by atoms with Crippen LogP contribution in [0, 0.1) is 0 Å². The molecule has 0 aliphatic rings. The van der Waals surface area contributed by atoms with E-state index in [4.69, 9.17) is 13.9 Å². The molecule has 0 aliphatic heterocycles. The van der Waals surface area contributed by atoms with Crippen molar-refractivity contribution < 1.29 is 18.7 Å². The van der Waals surface area contributed by atoms with Crippen LogP contribution in [0.4, 0.5) is 0 Å². The van der Waals surface area contributed by atoms with Gasteiger partial charge in [-0.25, -0.2) is 9.48 Å². The van der Waals surface area contributed by atoms with Crippen LogP contribution in [0.1, 0.15) is 24.1 Å². The van der Waals surface area contributed by atoms with Crippen molar-refractivity contribution in [2.24, 2.45) is 0 Å². The van der Waals surface area contributed by atoms with E-state index in [2.05, 4.69) is 10.3 Å². The van der Waals surface area contributed by atoms with Crippen LogP contribution >= 0.6 is 0 Å². The fourth-order valence-electron chi connectivity index (χ4n) is 3.82. The Kier molecular flexibility index (Phi) is 5.55. The Morgan fingerprint density at radius 1 is 1.06 bits per heavy atom. The second-order valence-corrected chi connectivity index (χ2v) is 7.88. The molecule has 1 unspecified atom stereocenters. The van der Waals surface area contributed by atoms with Crippen molar-refractivity contribution in [1.29, 1.82) is 0 Å². The van der Waals surface area contributed by atoms with Crippen LogP contribution in [-0.4, -0.2) is 28.1 Å². The molecule has 0 radical (unpaired) electrons. The molecule has 5 aromatic rings. The zero-order chi connectivity index (χ0) is 23.7. The van der Waals surface area contributed by atoms with Crippen LogP contribution < -0.4 is 10.4 Å². The summed E-state index contributed by atoms with van der Waals surface area (Å²) in [6.07, 6.45) is 1.54. The summed E-state index contributed by atoms with van der Waals surface area (Å²) < 4.78 is 17.5. The standard InChI is InChI=1S/C26H21N3O5/c1-16(17-10-11-21-18(12-17)7-5-9-24(21)32-2)25(30)33-15-20-14-29(28-27-20)22-13-19-6-3-4-8-23(19)34-26(22)31/h3-14,16H,15H2,1-2H3. The van der Waals surface area contributed by atoms with E-state index in [1.165, 1.54) is 4.68 Å². The maximum Gasteiger partial charge on any atom is 0.362 e. The maximum atomic E-state index is 12.7. The van der Waals surface area contributed by atoms with Gasteiger partial charge in [0.05, 0.1) is 19.2 Å². The summed E-state index contributed by atoms with van der Waals surface area (Å²) in [4.78, 5) is 25.0. The van der Waals surface area contributed by atoms with Crippen molar-refractivity contribution in [1.82, 2.24) is 15.0 Å². The molecule has 0 N–H and O–H groups in total. The summed E-state index contributed by atoms with van der Waals surface area (Å²) in [7, 11) is 1.63. The molecule has 8 nitrogen and oxygen atoms in total. The van der Waals surface area contributed by atoms with Crippen molar-refractivity contribution >= 4 is 27.7 Å². The van der Waals surface area contributed by atoms with E-state index < -0.39 is 11.5 Å². The molecule has 0 aliphatic carbocycles. The highest BCUT2D eigenvalue weighted by Gasteiger charge is 2.19. The SMILES string of the molecule is COc1cccc2cc(C(C)C(=O)OCc3cn(-c4cc5ccccc5oc4=O)nn3)ccc12. The third-order valence-electron chi connectivity index (χ3n) is 5.71. The molecule has 0 spiro atoms. The second-order valence-electron chi connectivity index (χ2n) is 7.88. The minimum absolute atomic E-state index is 0.0660. The van der Waals surface area contributed by atoms with E-state index in [9.17, 15) is 9.59 Å². The van der Waals surface area contributed by atoms with Crippen LogP contribution in [0.5, 0.6) is 5.75 Å². The van der Waals surface area contributed by atoms with E-state index in [1.807, 2.05) is 48.5 Å². The lowest BCUT2D eigenvalue weighted by atomic mass is 9.97. The van der Waals surface area contributed by atoms with Gasteiger partial charge in [-0.05, 0) is 36.1 Å². The van der Waals surface area contributed by atoms with Gasteiger partial charge in [-0.15, -0.1) is 5.10 Å². The molecule has 2 aromatic heterocycles. The van der Waals surface area contributed by atoms with E-state index in [0.717, 1.165) is 27.5 Å². The number of hydrogen-bond acceptors (Lipinski definition) is 7. The summed E-state index contributed by atoms with van der Waals surface area (Å²) in [6, 6.07) is 20.5. The molecule has 0 bridgehead atoms. The van der Waals surface area contributed by atoms with Crippen molar-refractivity contribution in [3.8, 4) is 11.4 Å². The van der Waals surface area contributed by atoms with E-state index in [1.54, 1.807) is 38.4 Å². The van der Waals surface area contributed by atoms with Gasteiger partial charge in [-0.1, -0.05) is 53.7 Å². The number of benzene rings is 3. The van der Waals surface area contributed by atoms with Gasteiger partial charge in [0, 0.05) is 10.8 Å².